The monoisotopic (exact) mass is 233 g/mol. The number of hydrogen-bond donors (Lipinski definition) is 3. The minimum atomic E-state index is -1.34. The minimum Gasteiger partial charge on any atom is -0.467 e. The van der Waals surface area contributed by atoms with Gasteiger partial charge in [-0.15, -0.1) is 0 Å². The first-order chi connectivity index (χ1) is 7.67. The first kappa shape index (κ1) is 12.9. The standard InChI is InChI=1S/C9H15NO6/c1-14-9(12)7(11)4-6(10-13)5-8-15-2-3-16-8/h5,7-8,10-11,13H,2-4H2,1H3. The highest BCUT2D eigenvalue weighted by Gasteiger charge is 2.19. The number of carbonyl (C=O) groups excluding carboxylic acids is 1. The third kappa shape index (κ3) is 3.78. The van der Waals surface area contributed by atoms with E-state index in [1.54, 1.807) is 0 Å². The summed E-state index contributed by atoms with van der Waals surface area (Å²) in [7, 11) is 1.17. The van der Waals surface area contributed by atoms with E-state index in [-0.39, 0.29) is 12.1 Å². The van der Waals surface area contributed by atoms with Crippen molar-refractivity contribution in [3.05, 3.63) is 11.8 Å². The van der Waals surface area contributed by atoms with E-state index in [2.05, 4.69) is 4.74 Å². The summed E-state index contributed by atoms with van der Waals surface area (Å²) in [6.45, 7) is 0.943. The molecule has 0 amide bonds. The summed E-state index contributed by atoms with van der Waals surface area (Å²) >= 11 is 0. The lowest BCUT2D eigenvalue weighted by Gasteiger charge is -2.12. The molecule has 1 aliphatic rings. The first-order valence-electron chi connectivity index (χ1n) is 4.77. The van der Waals surface area contributed by atoms with E-state index in [1.165, 1.54) is 13.2 Å². The van der Waals surface area contributed by atoms with Crippen LogP contribution < -0.4 is 5.48 Å². The molecule has 16 heavy (non-hydrogen) atoms. The van der Waals surface area contributed by atoms with Gasteiger partial charge in [0.1, 0.15) is 0 Å². The minimum absolute atomic E-state index is 0.105. The van der Waals surface area contributed by atoms with E-state index in [0.29, 0.717) is 13.2 Å². The predicted octanol–water partition coefficient (Wildman–Crippen LogP) is -0.854. The Hall–Kier alpha value is -1.15. The van der Waals surface area contributed by atoms with Gasteiger partial charge >= 0.3 is 5.97 Å². The molecule has 1 heterocycles. The van der Waals surface area contributed by atoms with Gasteiger partial charge in [0.2, 0.25) is 0 Å². The van der Waals surface area contributed by atoms with Crippen molar-refractivity contribution in [1.29, 1.82) is 0 Å². The van der Waals surface area contributed by atoms with E-state index in [4.69, 9.17) is 14.7 Å². The number of aliphatic hydroxyl groups excluding tert-OH is 1. The van der Waals surface area contributed by atoms with E-state index < -0.39 is 18.4 Å². The molecule has 7 heteroatoms. The number of hydroxylamine groups is 1. The number of hydrogen-bond acceptors (Lipinski definition) is 7. The lowest BCUT2D eigenvalue weighted by Crippen LogP contribution is -2.26. The van der Waals surface area contributed by atoms with E-state index in [0.717, 1.165) is 0 Å². The molecule has 0 aromatic heterocycles. The lowest BCUT2D eigenvalue weighted by molar-refractivity contribution is -0.150. The van der Waals surface area contributed by atoms with Crippen LogP contribution in [0.2, 0.25) is 0 Å². The second-order valence-electron chi connectivity index (χ2n) is 3.16. The molecule has 0 radical (unpaired) electrons. The van der Waals surface area contributed by atoms with Gasteiger partial charge in [0.05, 0.1) is 20.3 Å². The Morgan fingerprint density at radius 2 is 2.25 bits per heavy atom. The van der Waals surface area contributed by atoms with Crippen LogP contribution in [0.5, 0.6) is 0 Å². The van der Waals surface area contributed by atoms with Crippen molar-refractivity contribution in [2.45, 2.75) is 18.8 Å². The molecule has 0 aromatic carbocycles. The fourth-order valence-corrected chi connectivity index (χ4v) is 1.22. The second-order valence-corrected chi connectivity index (χ2v) is 3.16. The van der Waals surface area contributed by atoms with Gasteiger partial charge in [0.15, 0.2) is 12.4 Å². The molecule has 1 fully saturated rings. The molecule has 0 bridgehead atoms. The number of ether oxygens (including phenoxy) is 3. The van der Waals surface area contributed by atoms with Crippen molar-refractivity contribution < 1.29 is 29.3 Å². The SMILES string of the molecule is COC(=O)C(O)CC(=CC1OCCO1)NO. The number of carbonyl (C=O) groups is 1. The molecule has 92 valence electrons. The number of esters is 1. The van der Waals surface area contributed by atoms with Gasteiger partial charge in [0, 0.05) is 12.1 Å². The third-order valence-electron chi connectivity index (χ3n) is 2.01. The molecule has 1 unspecified atom stereocenters. The zero-order valence-electron chi connectivity index (χ0n) is 8.88. The van der Waals surface area contributed by atoms with Gasteiger partial charge in [-0.3, -0.25) is 10.7 Å². The molecule has 0 aliphatic carbocycles. The van der Waals surface area contributed by atoms with Crippen molar-refractivity contribution in [3.63, 3.8) is 0 Å². The summed E-state index contributed by atoms with van der Waals surface area (Å²) in [6.07, 6.45) is -0.567. The van der Waals surface area contributed by atoms with Crippen LogP contribution in [0.15, 0.2) is 11.8 Å². The van der Waals surface area contributed by atoms with Gasteiger partial charge in [-0.2, -0.15) is 0 Å². The lowest BCUT2D eigenvalue weighted by atomic mass is 10.2. The molecule has 1 atom stereocenters. The first-order valence-corrected chi connectivity index (χ1v) is 4.77. The second kappa shape index (κ2) is 6.44. The topological polar surface area (TPSA) is 97.3 Å². The fraction of sp³-hybridized carbons (Fsp3) is 0.667. The Morgan fingerprint density at radius 3 is 2.75 bits per heavy atom. The third-order valence-corrected chi connectivity index (χ3v) is 2.01. The molecule has 0 saturated carbocycles. The van der Waals surface area contributed by atoms with Crippen molar-refractivity contribution in [3.8, 4) is 0 Å². The van der Waals surface area contributed by atoms with Crippen molar-refractivity contribution in [2.75, 3.05) is 20.3 Å². The number of rotatable bonds is 5. The summed E-state index contributed by atoms with van der Waals surface area (Å²) in [6, 6.07) is 0. The maximum atomic E-state index is 10.9. The zero-order chi connectivity index (χ0) is 12.0. The van der Waals surface area contributed by atoms with Crippen molar-refractivity contribution in [2.24, 2.45) is 0 Å². The molecule has 1 aliphatic heterocycles. The van der Waals surface area contributed by atoms with Crippen LogP contribution in [0.3, 0.4) is 0 Å². The van der Waals surface area contributed by atoms with Crippen LogP contribution in [0.4, 0.5) is 0 Å². The van der Waals surface area contributed by atoms with Crippen LogP contribution >= 0.6 is 0 Å². The molecular formula is C9H15NO6. The molecular weight excluding hydrogens is 218 g/mol. The normalized spacial score (nSPS) is 19.6. The average Bonchev–Trinajstić information content (AvgIpc) is 2.79. The van der Waals surface area contributed by atoms with Crippen LogP contribution in [0.1, 0.15) is 6.42 Å². The molecule has 0 aromatic rings. The van der Waals surface area contributed by atoms with Crippen LogP contribution in [0.25, 0.3) is 0 Å². The van der Waals surface area contributed by atoms with Crippen LogP contribution in [0, 0.1) is 0 Å². The van der Waals surface area contributed by atoms with E-state index in [1.807, 2.05) is 5.48 Å². The predicted molar refractivity (Wildman–Crippen MR) is 51.3 cm³/mol. The van der Waals surface area contributed by atoms with Gasteiger partial charge in [0.25, 0.3) is 0 Å². The largest absolute Gasteiger partial charge is 0.467 e. The number of nitrogens with one attached hydrogen (secondary N) is 1. The molecule has 1 rings (SSSR count). The van der Waals surface area contributed by atoms with Crippen LogP contribution in [-0.2, 0) is 19.0 Å². The summed E-state index contributed by atoms with van der Waals surface area (Å²) in [5.41, 5.74) is 2.10. The Labute approximate surface area is 92.6 Å². The zero-order valence-corrected chi connectivity index (χ0v) is 8.88. The smallest absolute Gasteiger partial charge is 0.335 e. The Balaban J connectivity index is 2.50. The highest BCUT2D eigenvalue weighted by Crippen LogP contribution is 2.10. The molecule has 3 N–H and O–H groups in total. The van der Waals surface area contributed by atoms with E-state index >= 15 is 0 Å². The Bertz CT molecular complexity index is 261. The maximum absolute atomic E-state index is 10.9. The summed E-state index contributed by atoms with van der Waals surface area (Å²) in [5.74, 6) is -0.769. The highest BCUT2D eigenvalue weighted by molar-refractivity contribution is 5.74. The van der Waals surface area contributed by atoms with E-state index in [9.17, 15) is 9.90 Å². The number of methoxy groups -OCH3 is 1. The van der Waals surface area contributed by atoms with Gasteiger partial charge in [-0.25, -0.2) is 4.79 Å². The Kier molecular flexibility index (Phi) is 5.20. The number of aliphatic hydroxyl groups is 1. The maximum Gasteiger partial charge on any atom is 0.335 e. The highest BCUT2D eigenvalue weighted by atomic mass is 16.7. The fourth-order valence-electron chi connectivity index (χ4n) is 1.22. The van der Waals surface area contributed by atoms with Crippen molar-refractivity contribution >= 4 is 5.97 Å². The average molecular weight is 233 g/mol. The molecule has 0 spiro atoms. The van der Waals surface area contributed by atoms with Gasteiger partial charge in [-0.1, -0.05) is 0 Å². The van der Waals surface area contributed by atoms with Crippen LogP contribution in [-0.4, -0.2) is 49.0 Å². The van der Waals surface area contributed by atoms with Gasteiger partial charge in [-0.05, 0) is 6.08 Å². The van der Waals surface area contributed by atoms with Gasteiger partial charge < -0.3 is 19.3 Å². The summed E-state index contributed by atoms with van der Waals surface area (Å²) in [5, 5.41) is 18.1. The molecule has 1 saturated heterocycles. The Morgan fingerprint density at radius 1 is 1.62 bits per heavy atom. The summed E-state index contributed by atoms with van der Waals surface area (Å²) in [4.78, 5) is 10.9. The summed E-state index contributed by atoms with van der Waals surface area (Å²) < 4.78 is 14.6. The van der Waals surface area contributed by atoms with Crippen molar-refractivity contribution in [1.82, 2.24) is 5.48 Å². The molecule has 7 nitrogen and oxygen atoms in total. The quantitative estimate of drug-likeness (QED) is 0.420.